The third kappa shape index (κ3) is 3.00. The average molecular weight is 223 g/mol. The molecule has 2 saturated carbocycles. The Morgan fingerprint density at radius 2 is 1.94 bits per heavy atom. The first-order chi connectivity index (χ1) is 7.69. The molecule has 2 aliphatic carbocycles. The fourth-order valence-corrected chi connectivity index (χ4v) is 3.95. The highest BCUT2D eigenvalue weighted by molar-refractivity contribution is 4.91. The second-order valence-electron chi connectivity index (χ2n) is 6.63. The van der Waals surface area contributed by atoms with Gasteiger partial charge in [-0.25, -0.2) is 0 Å². The molecule has 2 rings (SSSR count). The molecule has 0 aromatic carbocycles. The van der Waals surface area contributed by atoms with Crippen LogP contribution in [0.15, 0.2) is 0 Å². The Bertz CT molecular complexity index is 211. The van der Waals surface area contributed by atoms with E-state index in [0.717, 1.165) is 29.7 Å². The summed E-state index contributed by atoms with van der Waals surface area (Å²) in [5.74, 6) is 4.12. The van der Waals surface area contributed by atoms with E-state index in [0.29, 0.717) is 0 Å². The van der Waals surface area contributed by atoms with E-state index >= 15 is 0 Å². The molecule has 0 aromatic heterocycles. The van der Waals surface area contributed by atoms with Gasteiger partial charge in [-0.3, -0.25) is 0 Å². The molecule has 2 aliphatic rings. The van der Waals surface area contributed by atoms with E-state index in [9.17, 15) is 0 Å². The largest absolute Gasteiger partial charge is 0.317 e. The van der Waals surface area contributed by atoms with Crippen molar-refractivity contribution in [2.24, 2.45) is 23.7 Å². The molecule has 1 nitrogen and oxygen atoms in total. The van der Waals surface area contributed by atoms with Gasteiger partial charge >= 0.3 is 0 Å². The van der Waals surface area contributed by atoms with Crippen molar-refractivity contribution in [3.05, 3.63) is 0 Å². The Kier molecular flexibility index (Phi) is 4.29. The van der Waals surface area contributed by atoms with Crippen LogP contribution in [0.1, 0.15) is 58.8 Å². The zero-order valence-electron chi connectivity index (χ0n) is 11.3. The molecule has 0 aromatic rings. The first-order valence-corrected chi connectivity index (χ1v) is 7.36. The maximum atomic E-state index is 3.54. The molecular formula is C15H29N. The van der Waals surface area contributed by atoms with Gasteiger partial charge in [0.1, 0.15) is 0 Å². The number of hydrogen-bond acceptors (Lipinski definition) is 1. The lowest BCUT2D eigenvalue weighted by molar-refractivity contribution is 0.271. The Morgan fingerprint density at radius 3 is 2.44 bits per heavy atom. The predicted molar refractivity (Wildman–Crippen MR) is 70.5 cm³/mol. The summed E-state index contributed by atoms with van der Waals surface area (Å²) in [6.45, 7) is 4.68. The van der Waals surface area contributed by atoms with Crippen LogP contribution in [0.3, 0.4) is 0 Å². The number of nitrogens with one attached hydrogen (secondary N) is 1. The van der Waals surface area contributed by atoms with Gasteiger partial charge in [-0.2, -0.15) is 0 Å². The van der Waals surface area contributed by atoms with E-state index in [1.54, 1.807) is 12.8 Å². The lowest BCUT2D eigenvalue weighted by Crippen LogP contribution is -2.29. The monoisotopic (exact) mass is 223 g/mol. The van der Waals surface area contributed by atoms with Crippen LogP contribution in [0.5, 0.6) is 0 Å². The van der Waals surface area contributed by atoms with Gasteiger partial charge in [0.2, 0.25) is 0 Å². The van der Waals surface area contributed by atoms with Crippen LogP contribution in [0.4, 0.5) is 0 Å². The molecule has 0 amide bonds. The highest BCUT2D eigenvalue weighted by Gasteiger charge is 2.39. The van der Waals surface area contributed by atoms with Crippen molar-refractivity contribution >= 4 is 0 Å². The molecule has 0 heterocycles. The van der Waals surface area contributed by atoms with Crippen molar-refractivity contribution in [3.63, 3.8) is 0 Å². The third-order valence-electron chi connectivity index (χ3n) is 4.97. The Balaban J connectivity index is 1.74. The van der Waals surface area contributed by atoms with Crippen LogP contribution in [0.25, 0.3) is 0 Å². The maximum Gasteiger partial charge on any atom is 0.00669 e. The molecule has 0 aliphatic heterocycles. The summed E-state index contributed by atoms with van der Waals surface area (Å²) in [4.78, 5) is 0. The Hall–Kier alpha value is -0.0400. The summed E-state index contributed by atoms with van der Waals surface area (Å²) in [5.41, 5.74) is 0. The number of hydrogen-bond donors (Lipinski definition) is 1. The van der Waals surface area contributed by atoms with Gasteiger partial charge in [-0.15, -0.1) is 0 Å². The minimum atomic E-state index is 0.784. The summed E-state index contributed by atoms with van der Waals surface area (Å²) in [5, 5.41) is 3.54. The zero-order valence-corrected chi connectivity index (χ0v) is 11.3. The smallest absolute Gasteiger partial charge is 0.00669 e. The van der Waals surface area contributed by atoms with E-state index in [-0.39, 0.29) is 0 Å². The summed E-state index contributed by atoms with van der Waals surface area (Å²) < 4.78 is 0. The maximum absolute atomic E-state index is 3.54. The molecule has 4 unspecified atom stereocenters. The topological polar surface area (TPSA) is 12.0 Å². The van der Waals surface area contributed by atoms with Gasteiger partial charge in [0.25, 0.3) is 0 Å². The van der Waals surface area contributed by atoms with Gasteiger partial charge < -0.3 is 5.32 Å². The summed E-state index contributed by atoms with van der Waals surface area (Å²) in [7, 11) is 2.15. The molecule has 94 valence electrons. The average Bonchev–Trinajstić information content (AvgIpc) is 2.85. The first kappa shape index (κ1) is 12.4. The molecule has 2 fully saturated rings. The minimum Gasteiger partial charge on any atom is -0.317 e. The van der Waals surface area contributed by atoms with Crippen molar-refractivity contribution in [1.29, 1.82) is 0 Å². The highest BCUT2D eigenvalue weighted by Crippen LogP contribution is 2.50. The molecule has 0 radical (unpaired) electrons. The van der Waals surface area contributed by atoms with E-state index in [2.05, 4.69) is 26.2 Å². The predicted octanol–water partition coefficient (Wildman–Crippen LogP) is 3.84. The van der Waals surface area contributed by atoms with E-state index in [4.69, 9.17) is 0 Å². The second-order valence-corrected chi connectivity index (χ2v) is 6.63. The Morgan fingerprint density at radius 1 is 1.12 bits per heavy atom. The number of rotatable bonds is 6. The van der Waals surface area contributed by atoms with Crippen LogP contribution < -0.4 is 5.32 Å². The molecule has 4 atom stereocenters. The van der Waals surface area contributed by atoms with Crippen molar-refractivity contribution in [1.82, 2.24) is 5.32 Å². The van der Waals surface area contributed by atoms with Crippen molar-refractivity contribution in [2.75, 3.05) is 7.05 Å². The van der Waals surface area contributed by atoms with Crippen LogP contribution in [0.2, 0.25) is 0 Å². The van der Waals surface area contributed by atoms with Gasteiger partial charge in [0.15, 0.2) is 0 Å². The van der Waals surface area contributed by atoms with E-state index in [1.165, 1.54) is 32.1 Å². The fraction of sp³-hybridized carbons (Fsp3) is 1.00. The summed E-state index contributed by atoms with van der Waals surface area (Å²) in [6, 6.07) is 0.784. The SMILES string of the molecule is CNC(CCC(C)C)CC1CC2CCC1C2. The van der Waals surface area contributed by atoms with Gasteiger partial charge in [0.05, 0.1) is 0 Å². The van der Waals surface area contributed by atoms with E-state index in [1.807, 2.05) is 0 Å². The van der Waals surface area contributed by atoms with Crippen molar-refractivity contribution in [2.45, 2.75) is 64.8 Å². The van der Waals surface area contributed by atoms with Crippen molar-refractivity contribution in [3.8, 4) is 0 Å². The Labute approximate surface area is 101 Å². The van der Waals surface area contributed by atoms with Crippen LogP contribution in [-0.2, 0) is 0 Å². The molecular weight excluding hydrogens is 194 g/mol. The minimum absolute atomic E-state index is 0.784. The molecule has 16 heavy (non-hydrogen) atoms. The lowest BCUT2D eigenvalue weighted by atomic mass is 9.83. The van der Waals surface area contributed by atoms with E-state index < -0.39 is 0 Å². The fourth-order valence-electron chi connectivity index (χ4n) is 3.95. The third-order valence-corrected chi connectivity index (χ3v) is 4.97. The molecule has 0 spiro atoms. The van der Waals surface area contributed by atoms with Crippen LogP contribution >= 0.6 is 0 Å². The van der Waals surface area contributed by atoms with Crippen molar-refractivity contribution < 1.29 is 0 Å². The van der Waals surface area contributed by atoms with Gasteiger partial charge in [-0.1, -0.05) is 20.3 Å². The van der Waals surface area contributed by atoms with Gasteiger partial charge in [0, 0.05) is 6.04 Å². The van der Waals surface area contributed by atoms with Gasteiger partial charge in [-0.05, 0) is 69.2 Å². The second kappa shape index (κ2) is 5.53. The first-order valence-electron chi connectivity index (χ1n) is 7.36. The summed E-state index contributed by atoms with van der Waals surface area (Å²) >= 11 is 0. The lowest BCUT2D eigenvalue weighted by Gasteiger charge is -2.27. The quantitative estimate of drug-likeness (QED) is 0.721. The summed E-state index contributed by atoms with van der Waals surface area (Å²) in [6.07, 6.45) is 10.4. The standard InChI is InChI=1S/C15H29N/c1-11(2)4-7-15(16-3)10-14-9-12-5-6-13(14)8-12/h11-16H,4-10H2,1-3H3. The van der Waals surface area contributed by atoms with Crippen LogP contribution in [-0.4, -0.2) is 13.1 Å². The molecule has 2 bridgehead atoms. The molecule has 0 saturated heterocycles. The number of fused-ring (bicyclic) bond motifs is 2. The highest BCUT2D eigenvalue weighted by atomic mass is 14.9. The zero-order chi connectivity index (χ0) is 11.5. The van der Waals surface area contributed by atoms with Crippen LogP contribution in [0, 0.1) is 23.7 Å². The molecule has 1 N–H and O–H groups in total. The normalized spacial score (nSPS) is 34.9. The molecule has 1 heteroatoms.